The van der Waals surface area contributed by atoms with E-state index >= 15 is 0 Å². The zero-order valence-corrected chi connectivity index (χ0v) is 13.3. The number of aryl methyl sites for hydroxylation is 2. The van der Waals surface area contributed by atoms with Crippen LogP contribution in [0.4, 0.5) is 0 Å². The summed E-state index contributed by atoms with van der Waals surface area (Å²) in [5.74, 6) is 2.27. The quantitative estimate of drug-likeness (QED) is 0.858. The summed E-state index contributed by atoms with van der Waals surface area (Å²) in [6.45, 7) is 6.61. The minimum Gasteiger partial charge on any atom is -0.314 e. The predicted octanol–water partition coefficient (Wildman–Crippen LogP) is 1.26. The first kappa shape index (κ1) is 15.4. The zero-order chi connectivity index (χ0) is 14.8. The van der Waals surface area contributed by atoms with E-state index in [1.165, 1.54) is 0 Å². The van der Waals surface area contributed by atoms with Gasteiger partial charge in [0.2, 0.25) is 10.0 Å². The summed E-state index contributed by atoms with van der Waals surface area (Å²) < 4.78 is 29.3. The molecular formula is C13H24N4O2S. The van der Waals surface area contributed by atoms with Crippen LogP contribution in [0.15, 0.2) is 0 Å². The molecule has 7 heteroatoms. The van der Waals surface area contributed by atoms with Crippen LogP contribution in [0.25, 0.3) is 0 Å². The second-order valence-electron chi connectivity index (χ2n) is 5.59. The lowest BCUT2D eigenvalue weighted by atomic mass is 10.1. The number of nitrogens with one attached hydrogen (secondary N) is 1. The van der Waals surface area contributed by atoms with Gasteiger partial charge in [-0.15, -0.1) is 10.2 Å². The Kier molecular flexibility index (Phi) is 4.80. The molecule has 2 heterocycles. The first-order valence-electron chi connectivity index (χ1n) is 7.33. The Morgan fingerprint density at radius 3 is 2.70 bits per heavy atom. The summed E-state index contributed by atoms with van der Waals surface area (Å²) in [6, 6.07) is -0.0448. The van der Waals surface area contributed by atoms with Crippen LogP contribution in [0.3, 0.4) is 0 Å². The van der Waals surface area contributed by atoms with E-state index in [0.717, 1.165) is 37.3 Å². The van der Waals surface area contributed by atoms with Crippen molar-refractivity contribution in [2.75, 3.05) is 5.75 Å². The van der Waals surface area contributed by atoms with Crippen molar-refractivity contribution in [3.63, 3.8) is 0 Å². The Bertz CT molecular complexity index is 549. The maximum Gasteiger partial charge on any atom is 0.212 e. The van der Waals surface area contributed by atoms with Crippen LogP contribution >= 0.6 is 0 Å². The molecule has 6 nitrogen and oxygen atoms in total. The number of rotatable bonds is 6. The zero-order valence-electron chi connectivity index (χ0n) is 12.5. The molecule has 0 saturated heterocycles. The summed E-state index contributed by atoms with van der Waals surface area (Å²) >= 11 is 0. The van der Waals surface area contributed by atoms with Gasteiger partial charge in [-0.25, -0.2) is 13.1 Å². The Morgan fingerprint density at radius 2 is 2.05 bits per heavy atom. The summed E-state index contributed by atoms with van der Waals surface area (Å²) in [7, 11) is -3.21. The normalized spacial score (nSPS) is 19.3. The van der Waals surface area contributed by atoms with E-state index in [0.29, 0.717) is 6.54 Å². The van der Waals surface area contributed by atoms with E-state index in [-0.39, 0.29) is 17.7 Å². The van der Waals surface area contributed by atoms with Gasteiger partial charge in [-0.2, -0.15) is 0 Å². The first-order valence-corrected chi connectivity index (χ1v) is 8.99. The minimum atomic E-state index is -3.21. The number of nitrogens with zero attached hydrogens (tertiary/aromatic N) is 3. The Morgan fingerprint density at radius 1 is 1.35 bits per heavy atom. The molecular weight excluding hydrogens is 276 g/mol. The van der Waals surface area contributed by atoms with Gasteiger partial charge in [0.25, 0.3) is 0 Å². The van der Waals surface area contributed by atoms with Gasteiger partial charge in [0.15, 0.2) is 0 Å². The molecule has 1 aromatic heterocycles. The molecule has 0 aliphatic carbocycles. The Labute approximate surface area is 121 Å². The Balaban J connectivity index is 1.99. The van der Waals surface area contributed by atoms with Gasteiger partial charge in [-0.3, -0.25) is 0 Å². The molecule has 0 radical (unpaired) electrons. The van der Waals surface area contributed by atoms with Gasteiger partial charge in [0.1, 0.15) is 11.6 Å². The summed E-state index contributed by atoms with van der Waals surface area (Å²) in [5, 5.41) is 8.14. The monoisotopic (exact) mass is 300 g/mol. The maximum absolute atomic E-state index is 12.2. The van der Waals surface area contributed by atoms with Gasteiger partial charge in [-0.1, -0.05) is 26.7 Å². The average molecular weight is 300 g/mol. The second-order valence-corrected chi connectivity index (χ2v) is 7.39. The molecule has 0 spiro atoms. The third-order valence-corrected chi connectivity index (χ3v) is 5.69. The first-order chi connectivity index (χ1) is 9.45. The second kappa shape index (κ2) is 6.22. The molecule has 1 atom stereocenters. The summed E-state index contributed by atoms with van der Waals surface area (Å²) in [5.41, 5.74) is 0. The largest absolute Gasteiger partial charge is 0.314 e. The van der Waals surface area contributed by atoms with Crippen LogP contribution in [-0.2, 0) is 23.0 Å². The van der Waals surface area contributed by atoms with Crippen LogP contribution in [-0.4, -0.2) is 35.0 Å². The van der Waals surface area contributed by atoms with E-state index in [1.807, 2.05) is 25.3 Å². The molecule has 0 unspecified atom stereocenters. The Hall–Kier alpha value is -0.950. The molecule has 1 aromatic rings. The number of sulfonamides is 1. The fourth-order valence-electron chi connectivity index (χ4n) is 2.70. The van der Waals surface area contributed by atoms with Crippen molar-refractivity contribution in [2.24, 2.45) is 5.92 Å². The minimum absolute atomic E-state index is 0.0448. The van der Waals surface area contributed by atoms with Crippen molar-refractivity contribution >= 4 is 10.0 Å². The average Bonchev–Trinajstić information content (AvgIpc) is 2.77. The predicted molar refractivity (Wildman–Crippen MR) is 77.9 cm³/mol. The summed E-state index contributed by atoms with van der Waals surface area (Å²) in [6.07, 6.45) is 3.37. The smallest absolute Gasteiger partial charge is 0.212 e. The standard InChI is InChI=1S/C13H24N4O2S/c1-4-11(5-2)9-20(18,19)16-12-6-7-13-15-14-10(3)17(13)8-12/h11-12,16H,4-9H2,1-3H3/t12-/m1/s1. The van der Waals surface area contributed by atoms with Crippen LogP contribution in [0.1, 0.15) is 44.8 Å². The lowest BCUT2D eigenvalue weighted by Crippen LogP contribution is -2.43. The lowest BCUT2D eigenvalue weighted by molar-refractivity contribution is 0.413. The highest BCUT2D eigenvalue weighted by Crippen LogP contribution is 2.16. The van der Waals surface area contributed by atoms with Crippen molar-refractivity contribution in [3.05, 3.63) is 11.6 Å². The molecule has 0 amide bonds. The van der Waals surface area contributed by atoms with Gasteiger partial charge in [0, 0.05) is 19.0 Å². The van der Waals surface area contributed by atoms with Gasteiger partial charge >= 0.3 is 0 Å². The maximum atomic E-state index is 12.2. The van der Waals surface area contributed by atoms with E-state index in [9.17, 15) is 8.42 Å². The van der Waals surface area contributed by atoms with Crippen molar-refractivity contribution < 1.29 is 8.42 Å². The number of aromatic nitrogens is 3. The molecule has 1 aliphatic heterocycles. The van der Waals surface area contributed by atoms with Crippen LogP contribution in [0, 0.1) is 12.8 Å². The molecule has 20 heavy (non-hydrogen) atoms. The van der Waals surface area contributed by atoms with Crippen LogP contribution in [0.5, 0.6) is 0 Å². The van der Waals surface area contributed by atoms with Crippen LogP contribution < -0.4 is 4.72 Å². The topological polar surface area (TPSA) is 76.9 Å². The number of hydrogen-bond donors (Lipinski definition) is 1. The SMILES string of the molecule is CCC(CC)CS(=O)(=O)N[C@@H]1CCc2nnc(C)n2C1. The fraction of sp³-hybridized carbons (Fsp3) is 0.846. The van der Waals surface area contributed by atoms with Gasteiger partial charge < -0.3 is 4.57 Å². The molecule has 0 aromatic carbocycles. The molecule has 2 rings (SSSR count). The molecule has 114 valence electrons. The van der Waals surface area contributed by atoms with E-state index in [4.69, 9.17) is 0 Å². The summed E-state index contributed by atoms with van der Waals surface area (Å²) in [4.78, 5) is 0. The number of fused-ring (bicyclic) bond motifs is 1. The molecule has 0 bridgehead atoms. The van der Waals surface area contributed by atoms with Crippen molar-refractivity contribution in [3.8, 4) is 0 Å². The lowest BCUT2D eigenvalue weighted by Gasteiger charge is -2.25. The third kappa shape index (κ3) is 3.58. The van der Waals surface area contributed by atoms with Crippen molar-refractivity contribution in [1.29, 1.82) is 0 Å². The van der Waals surface area contributed by atoms with Gasteiger partial charge in [-0.05, 0) is 19.3 Å². The molecule has 1 aliphatic rings. The highest BCUT2D eigenvalue weighted by atomic mass is 32.2. The number of hydrogen-bond acceptors (Lipinski definition) is 4. The highest BCUT2D eigenvalue weighted by molar-refractivity contribution is 7.89. The highest BCUT2D eigenvalue weighted by Gasteiger charge is 2.26. The van der Waals surface area contributed by atoms with Crippen LogP contribution in [0.2, 0.25) is 0 Å². The van der Waals surface area contributed by atoms with E-state index in [1.54, 1.807) is 0 Å². The third-order valence-electron chi connectivity index (χ3n) is 4.09. The fourth-order valence-corrected chi connectivity index (χ4v) is 4.58. The molecule has 0 fully saturated rings. The molecule has 1 N–H and O–H groups in total. The van der Waals surface area contributed by atoms with Crippen molar-refractivity contribution in [2.45, 2.75) is 59.0 Å². The van der Waals surface area contributed by atoms with E-state index < -0.39 is 10.0 Å². The van der Waals surface area contributed by atoms with Gasteiger partial charge in [0.05, 0.1) is 5.75 Å². The molecule has 0 saturated carbocycles. The van der Waals surface area contributed by atoms with Crippen molar-refractivity contribution in [1.82, 2.24) is 19.5 Å². The van der Waals surface area contributed by atoms with E-state index in [2.05, 4.69) is 14.9 Å².